The molecule has 3 N–H and O–H groups in total. The van der Waals surface area contributed by atoms with Crippen molar-refractivity contribution in [2.24, 2.45) is 5.73 Å². The normalized spacial score (nSPS) is 10.3. The van der Waals surface area contributed by atoms with Crippen LogP contribution in [0.25, 0.3) is 0 Å². The summed E-state index contributed by atoms with van der Waals surface area (Å²) in [6.07, 6.45) is 4.36. The van der Waals surface area contributed by atoms with E-state index in [4.69, 9.17) is 11.1 Å². The van der Waals surface area contributed by atoms with Crippen LogP contribution in [0.5, 0.6) is 0 Å². The van der Waals surface area contributed by atoms with Crippen LogP contribution in [-0.4, -0.2) is 24.4 Å². The summed E-state index contributed by atoms with van der Waals surface area (Å²) < 4.78 is 13.2. The summed E-state index contributed by atoms with van der Waals surface area (Å²) in [6, 6.07) is 8.25. The Bertz CT molecular complexity index is 598. The van der Waals surface area contributed by atoms with Crippen molar-refractivity contribution in [2.45, 2.75) is 6.42 Å². The molecule has 0 bridgehead atoms. The van der Waals surface area contributed by atoms with Gasteiger partial charge in [-0.05, 0) is 42.3 Å². The highest BCUT2D eigenvalue weighted by Crippen LogP contribution is 2.20. The van der Waals surface area contributed by atoms with Crippen LogP contribution in [0, 0.1) is 11.2 Å². The van der Waals surface area contributed by atoms with Crippen LogP contribution in [0.2, 0.25) is 0 Å². The van der Waals surface area contributed by atoms with Crippen molar-refractivity contribution < 1.29 is 4.39 Å². The van der Waals surface area contributed by atoms with Crippen molar-refractivity contribution in [1.82, 2.24) is 4.98 Å². The fourth-order valence-electron chi connectivity index (χ4n) is 2.02. The summed E-state index contributed by atoms with van der Waals surface area (Å²) in [5.41, 5.74) is 7.87. The van der Waals surface area contributed by atoms with Gasteiger partial charge in [0.25, 0.3) is 0 Å². The van der Waals surface area contributed by atoms with Gasteiger partial charge in [0.1, 0.15) is 11.7 Å². The minimum Gasteiger partial charge on any atom is -0.384 e. The number of nitrogens with zero attached hydrogens (tertiary/aromatic N) is 2. The van der Waals surface area contributed by atoms with E-state index in [0.29, 0.717) is 5.56 Å². The molecule has 0 saturated heterocycles. The van der Waals surface area contributed by atoms with E-state index >= 15 is 0 Å². The number of nitrogens with one attached hydrogen (secondary N) is 1. The molecule has 1 heterocycles. The SMILES string of the molecule is CN(CCc1ccncc1)c1ccc(F)cc1C(=N)N. The average Bonchev–Trinajstić information content (AvgIpc) is 2.45. The predicted molar refractivity (Wildman–Crippen MR) is 78.6 cm³/mol. The van der Waals surface area contributed by atoms with Gasteiger partial charge in [0.05, 0.1) is 0 Å². The van der Waals surface area contributed by atoms with Crippen molar-refractivity contribution in [1.29, 1.82) is 5.41 Å². The van der Waals surface area contributed by atoms with Gasteiger partial charge >= 0.3 is 0 Å². The van der Waals surface area contributed by atoms with Crippen molar-refractivity contribution in [3.05, 3.63) is 59.7 Å². The number of likely N-dealkylation sites (N-methyl/N-ethyl adjacent to an activating group) is 1. The van der Waals surface area contributed by atoms with Gasteiger partial charge in [0, 0.05) is 37.2 Å². The molecule has 0 amide bonds. The Balaban J connectivity index is 2.13. The van der Waals surface area contributed by atoms with E-state index < -0.39 is 0 Å². The van der Waals surface area contributed by atoms with Crippen LogP contribution in [-0.2, 0) is 6.42 Å². The molecule has 104 valence electrons. The molecule has 20 heavy (non-hydrogen) atoms. The number of rotatable bonds is 5. The van der Waals surface area contributed by atoms with E-state index in [2.05, 4.69) is 4.98 Å². The molecule has 0 aliphatic carbocycles. The number of halogens is 1. The average molecular weight is 272 g/mol. The van der Waals surface area contributed by atoms with Gasteiger partial charge in [-0.1, -0.05) is 0 Å². The molecule has 0 radical (unpaired) electrons. The topological polar surface area (TPSA) is 66.0 Å². The molecular weight excluding hydrogens is 255 g/mol. The Morgan fingerprint density at radius 3 is 2.65 bits per heavy atom. The summed E-state index contributed by atoms with van der Waals surface area (Å²) in [4.78, 5) is 5.95. The number of pyridine rings is 1. The second-order valence-corrected chi connectivity index (χ2v) is 4.60. The molecule has 0 unspecified atom stereocenters. The molecule has 2 rings (SSSR count). The van der Waals surface area contributed by atoms with Crippen LogP contribution in [0.3, 0.4) is 0 Å². The summed E-state index contributed by atoms with van der Waals surface area (Å²) in [7, 11) is 1.90. The van der Waals surface area contributed by atoms with Crippen molar-refractivity contribution in [2.75, 3.05) is 18.5 Å². The van der Waals surface area contributed by atoms with E-state index in [1.807, 2.05) is 24.1 Å². The number of nitrogen functional groups attached to an aromatic ring is 1. The Labute approximate surface area is 117 Å². The highest BCUT2D eigenvalue weighted by atomic mass is 19.1. The van der Waals surface area contributed by atoms with Gasteiger partial charge < -0.3 is 10.6 Å². The molecule has 0 atom stereocenters. The Morgan fingerprint density at radius 2 is 2.00 bits per heavy atom. The van der Waals surface area contributed by atoms with Crippen LogP contribution < -0.4 is 10.6 Å². The summed E-state index contributed by atoms with van der Waals surface area (Å²) in [6.45, 7) is 0.746. The molecule has 5 heteroatoms. The number of hydrogen-bond donors (Lipinski definition) is 2. The fourth-order valence-corrected chi connectivity index (χ4v) is 2.02. The molecule has 0 aliphatic rings. The smallest absolute Gasteiger partial charge is 0.125 e. The number of hydrogen-bond acceptors (Lipinski definition) is 3. The van der Waals surface area contributed by atoms with Crippen LogP contribution in [0.1, 0.15) is 11.1 Å². The van der Waals surface area contributed by atoms with Gasteiger partial charge in [-0.15, -0.1) is 0 Å². The molecule has 0 spiro atoms. The molecule has 4 nitrogen and oxygen atoms in total. The largest absolute Gasteiger partial charge is 0.384 e. The third-order valence-electron chi connectivity index (χ3n) is 3.15. The lowest BCUT2D eigenvalue weighted by molar-refractivity contribution is 0.627. The monoisotopic (exact) mass is 272 g/mol. The van der Waals surface area contributed by atoms with E-state index in [1.54, 1.807) is 18.5 Å². The lowest BCUT2D eigenvalue weighted by Gasteiger charge is -2.22. The lowest BCUT2D eigenvalue weighted by atomic mass is 10.1. The molecular formula is C15H17FN4. The number of anilines is 1. The van der Waals surface area contributed by atoms with Gasteiger partial charge in [-0.3, -0.25) is 10.4 Å². The number of amidine groups is 1. The Hall–Kier alpha value is -2.43. The summed E-state index contributed by atoms with van der Waals surface area (Å²) >= 11 is 0. The number of aromatic nitrogens is 1. The molecule has 2 aromatic rings. The maximum Gasteiger partial charge on any atom is 0.125 e. The molecule has 1 aromatic carbocycles. The number of nitrogens with two attached hydrogens (primary N) is 1. The summed E-state index contributed by atoms with van der Waals surface area (Å²) in [5.74, 6) is -0.517. The number of benzene rings is 1. The van der Waals surface area contributed by atoms with E-state index in [1.165, 1.54) is 17.7 Å². The van der Waals surface area contributed by atoms with Gasteiger partial charge in [0.2, 0.25) is 0 Å². The maximum atomic E-state index is 13.2. The van der Waals surface area contributed by atoms with Crippen molar-refractivity contribution >= 4 is 11.5 Å². The fraction of sp³-hybridized carbons (Fsp3) is 0.200. The van der Waals surface area contributed by atoms with Crippen molar-refractivity contribution in [3.8, 4) is 0 Å². The second kappa shape index (κ2) is 6.14. The minimum absolute atomic E-state index is 0.129. The van der Waals surface area contributed by atoms with Crippen LogP contribution >= 0.6 is 0 Å². The maximum absolute atomic E-state index is 13.2. The van der Waals surface area contributed by atoms with E-state index in [-0.39, 0.29) is 11.7 Å². The Morgan fingerprint density at radius 1 is 1.30 bits per heavy atom. The van der Waals surface area contributed by atoms with Crippen molar-refractivity contribution in [3.63, 3.8) is 0 Å². The quantitative estimate of drug-likeness (QED) is 0.647. The standard InChI is InChI=1S/C15H17FN4/c1-20(9-6-11-4-7-19-8-5-11)14-3-2-12(16)10-13(14)15(17)18/h2-5,7-8,10H,6,9H2,1H3,(H3,17,18). The van der Waals surface area contributed by atoms with Crippen LogP contribution in [0.15, 0.2) is 42.7 Å². The minimum atomic E-state index is -0.388. The first kappa shape index (κ1) is 14.0. The second-order valence-electron chi connectivity index (χ2n) is 4.60. The zero-order valence-electron chi connectivity index (χ0n) is 11.3. The summed E-state index contributed by atoms with van der Waals surface area (Å²) in [5, 5.41) is 7.54. The Kier molecular flexibility index (Phi) is 4.30. The van der Waals surface area contributed by atoms with Gasteiger partial charge in [-0.25, -0.2) is 4.39 Å². The first-order valence-corrected chi connectivity index (χ1v) is 6.32. The molecule has 0 aliphatic heterocycles. The van der Waals surface area contributed by atoms with E-state index in [0.717, 1.165) is 18.7 Å². The third-order valence-corrected chi connectivity index (χ3v) is 3.15. The first-order valence-electron chi connectivity index (χ1n) is 6.32. The highest BCUT2D eigenvalue weighted by molar-refractivity contribution is 6.00. The molecule has 1 aromatic heterocycles. The zero-order chi connectivity index (χ0) is 14.5. The zero-order valence-corrected chi connectivity index (χ0v) is 11.3. The predicted octanol–water partition coefficient (Wildman–Crippen LogP) is 2.18. The third kappa shape index (κ3) is 3.32. The highest BCUT2D eigenvalue weighted by Gasteiger charge is 2.11. The van der Waals surface area contributed by atoms with Gasteiger partial charge in [0.15, 0.2) is 0 Å². The molecule has 0 saturated carbocycles. The first-order chi connectivity index (χ1) is 9.58. The van der Waals surface area contributed by atoms with Gasteiger partial charge in [-0.2, -0.15) is 0 Å². The van der Waals surface area contributed by atoms with E-state index in [9.17, 15) is 4.39 Å². The lowest BCUT2D eigenvalue weighted by Crippen LogP contribution is -2.24. The molecule has 0 fully saturated rings. The van der Waals surface area contributed by atoms with Crippen LogP contribution in [0.4, 0.5) is 10.1 Å².